The predicted octanol–water partition coefficient (Wildman–Crippen LogP) is 3.51. The summed E-state index contributed by atoms with van der Waals surface area (Å²) in [5.41, 5.74) is 0.924. The normalized spacial score (nSPS) is 16.9. The van der Waals surface area contributed by atoms with Crippen molar-refractivity contribution in [3.63, 3.8) is 0 Å². The van der Waals surface area contributed by atoms with Crippen molar-refractivity contribution in [2.45, 2.75) is 19.0 Å². The van der Waals surface area contributed by atoms with Gasteiger partial charge in [0.2, 0.25) is 11.8 Å². The fraction of sp³-hybridized carbons (Fsp3) is 0.350. The lowest BCUT2D eigenvalue weighted by Crippen LogP contribution is -2.43. The third-order valence-corrected chi connectivity index (χ3v) is 4.49. The second-order valence-corrected chi connectivity index (χ2v) is 6.73. The number of amides is 2. The van der Waals surface area contributed by atoms with Gasteiger partial charge in [-0.15, -0.1) is 0 Å². The highest BCUT2D eigenvalue weighted by molar-refractivity contribution is 5.96. The zero-order chi connectivity index (χ0) is 20.9. The summed E-state index contributed by atoms with van der Waals surface area (Å²) in [7, 11) is 0. The third kappa shape index (κ3) is 5.94. The summed E-state index contributed by atoms with van der Waals surface area (Å²) in [6.07, 6.45) is -1.93. The van der Waals surface area contributed by atoms with Gasteiger partial charge in [-0.2, -0.15) is 13.2 Å². The van der Waals surface area contributed by atoms with E-state index in [1.807, 2.05) is 18.2 Å². The van der Waals surface area contributed by atoms with Crippen molar-refractivity contribution in [1.29, 1.82) is 0 Å². The van der Waals surface area contributed by atoms with Crippen molar-refractivity contribution in [3.8, 4) is 5.88 Å². The maximum atomic E-state index is 12.7. The molecule has 0 radical (unpaired) electrons. The van der Waals surface area contributed by atoms with Gasteiger partial charge in [0, 0.05) is 31.0 Å². The van der Waals surface area contributed by atoms with Crippen LogP contribution in [0.2, 0.25) is 0 Å². The smallest absolute Gasteiger partial charge is 0.422 e. The number of hydrogen-bond donors (Lipinski definition) is 1. The average molecular weight is 407 g/mol. The minimum absolute atomic E-state index is 0.150. The molecule has 1 unspecified atom stereocenters. The van der Waals surface area contributed by atoms with E-state index in [4.69, 9.17) is 0 Å². The summed E-state index contributed by atoms with van der Waals surface area (Å²) in [5, 5.41) is 2.85. The minimum atomic E-state index is -4.46. The quantitative estimate of drug-likeness (QED) is 0.824. The van der Waals surface area contributed by atoms with Crippen LogP contribution in [0.15, 0.2) is 48.7 Å². The second-order valence-electron chi connectivity index (χ2n) is 6.73. The van der Waals surface area contributed by atoms with Gasteiger partial charge in [0.05, 0.1) is 11.5 Å². The van der Waals surface area contributed by atoms with Crippen molar-refractivity contribution >= 4 is 17.5 Å². The van der Waals surface area contributed by atoms with Crippen molar-refractivity contribution < 1.29 is 27.5 Å². The minimum Gasteiger partial charge on any atom is -0.468 e. The van der Waals surface area contributed by atoms with Gasteiger partial charge < -0.3 is 15.0 Å². The van der Waals surface area contributed by atoms with Crippen molar-refractivity contribution in [2.75, 3.05) is 25.0 Å². The maximum Gasteiger partial charge on any atom is 0.422 e. The van der Waals surface area contributed by atoms with Crippen LogP contribution < -0.4 is 10.1 Å². The molecule has 29 heavy (non-hydrogen) atoms. The number of alkyl halides is 3. The largest absolute Gasteiger partial charge is 0.468 e. The van der Waals surface area contributed by atoms with Crippen LogP contribution in [-0.2, 0) is 4.79 Å². The zero-order valence-electron chi connectivity index (χ0n) is 15.5. The zero-order valence-corrected chi connectivity index (χ0v) is 15.5. The van der Waals surface area contributed by atoms with Gasteiger partial charge >= 0.3 is 6.18 Å². The lowest BCUT2D eigenvalue weighted by molar-refractivity contribution is -0.154. The first-order valence-corrected chi connectivity index (χ1v) is 9.12. The van der Waals surface area contributed by atoms with Crippen LogP contribution >= 0.6 is 0 Å². The highest BCUT2D eigenvalue weighted by Crippen LogP contribution is 2.21. The molecule has 0 bridgehead atoms. The van der Waals surface area contributed by atoms with Crippen molar-refractivity contribution in [2.24, 2.45) is 5.92 Å². The molecule has 1 aliphatic rings. The second kappa shape index (κ2) is 8.93. The highest BCUT2D eigenvalue weighted by Gasteiger charge is 2.30. The molecule has 2 aromatic rings. The Morgan fingerprint density at radius 1 is 1.17 bits per heavy atom. The number of halogens is 3. The van der Waals surface area contributed by atoms with Gasteiger partial charge in [-0.3, -0.25) is 9.59 Å². The molecule has 0 spiro atoms. The number of para-hydroxylation sites is 1. The number of nitrogens with one attached hydrogen (secondary N) is 1. The molecule has 1 saturated heterocycles. The Balaban J connectivity index is 1.58. The molecule has 1 fully saturated rings. The molecule has 154 valence electrons. The predicted molar refractivity (Wildman–Crippen MR) is 99.5 cm³/mol. The molecule has 1 aromatic heterocycles. The molecular formula is C20H20F3N3O3. The molecule has 0 aliphatic carbocycles. The topological polar surface area (TPSA) is 71.5 Å². The number of ether oxygens (including phenoxy) is 1. The Kier molecular flexibility index (Phi) is 6.36. The van der Waals surface area contributed by atoms with Gasteiger partial charge in [0.15, 0.2) is 6.61 Å². The van der Waals surface area contributed by atoms with Crippen LogP contribution in [0.3, 0.4) is 0 Å². The number of rotatable bonds is 5. The van der Waals surface area contributed by atoms with E-state index in [1.165, 1.54) is 18.3 Å². The summed E-state index contributed by atoms with van der Waals surface area (Å²) in [6.45, 7) is -0.679. The standard InChI is InChI=1S/C20H20F3N3O3/c21-20(22,23)13-29-17-9-8-14(11-24-17)19(28)26-10-4-5-15(12-26)18(27)25-16-6-2-1-3-7-16/h1-3,6-9,11,15H,4-5,10,12-13H2,(H,25,27). The summed E-state index contributed by atoms with van der Waals surface area (Å²) in [5.74, 6) is -1.02. The molecule has 1 aliphatic heterocycles. The molecule has 6 nitrogen and oxygen atoms in total. The Bertz CT molecular complexity index is 842. The number of nitrogens with zero attached hydrogens (tertiary/aromatic N) is 2. The third-order valence-electron chi connectivity index (χ3n) is 4.49. The molecule has 0 saturated carbocycles. The molecular weight excluding hydrogens is 387 g/mol. The average Bonchev–Trinajstić information content (AvgIpc) is 2.72. The molecule has 1 aromatic carbocycles. The number of carbonyl (C=O) groups is 2. The van der Waals surface area contributed by atoms with E-state index in [1.54, 1.807) is 17.0 Å². The number of hydrogen-bond acceptors (Lipinski definition) is 4. The Morgan fingerprint density at radius 2 is 1.93 bits per heavy atom. The van der Waals surface area contributed by atoms with E-state index in [2.05, 4.69) is 15.0 Å². The van der Waals surface area contributed by atoms with Crippen LogP contribution in [0.4, 0.5) is 18.9 Å². The van der Waals surface area contributed by atoms with Crippen molar-refractivity contribution in [1.82, 2.24) is 9.88 Å². The molecule has 2 heterocycles. The van der Waals surface area contributed by atoms with Gasteiger partial charge in [0.1, 0.15) is 0 Å². The van der Waals surface area contributed by atoms with Crippen molar-refractivity contribution in [3.05, 3.63) is 54.2 Å². The molecule has 9 heteroatoms. The van der Waals surface area contributed by atoms with Gasteiger partial charge in [-0.05, 0) is 31.0 Å². The summed E-state index contributed by atoms with van der Waals surface area (Å²) >= 11 is 0. The number of likely N-dealkylation sites (tertiary alicyclic amines) is 1. The molecule has 1 N–H and O–H groups in total. The first-order valence-electron chi connectivity index (χ1n) is 9.12. The van der Waals surface area contributed by atoms with Crippen LogP contribution in [0.25, 0.3) is 0 Å². The summed E-state index contributed by atoms with van der Waals surface area (Å²) < 4.78 is 41.1. The number of piperidine rings is 1. The fourth-order valence-electron chi connectivity index (χ4n) is 3.07. The Morgan fingerprint density at radius 3 is 2.59 bits per heavy atom. The van der Waals surface area contributed by atoms with E-state index in [-0.39, 0.29) is 35.7 Å². The number of anilines is 1. The summed E-state index contributed by atoms with van der Waals surface area (Å²) in [4.78, 5) is 30.5. The molecule has 3 rings (SSSR count). The van der Waals surface area contributed by atoms with E-state index < -0.39 is 12.8 Å². The van der Waals surface area contributed by atoms with Crippen LogP contribution in [-0.4, -0.2) is 47.6 Å². The Hall–Kier alpha value is -3.10. The number of aromatic nitrogens is 1. The maximum absolute atomic E-state index is 12.7. The first-order chi connectivity index (χ1) is 13.8. The first kappa shape index (κ1) is 20.6. The molecule has 2 amide bonds. The van der Waals surface area contributed by atoms with Crippen LogP contribution in [0, 0.1) is 5.92 Å². The highest BCUT2D eigenvalue weighted by atomic mass is 19.4. The van der Waals surface area contributed by atoms with Crippen LogP contribution in [0.5, 0.6) is 5.88 Å². The lowest BCUT2D eigenvalue weighted by Gasteiger charge is -2.32. The van der Waals surface area contributed by atoms with Gasteiger partial charge in [-0.1, -0.05) is 18.2 Å². The van der Waals surface area contributed by atoms with Gasteiger partial charge in [0.25, 0.3) is 5.91 Å². The fourth-order valence-corrected chi connectivity index (χ4v) is 3.07. The number of carbonyl (C=O) groups excluding carboxylic acids is 2. The summed E-state index contributed by atoms with van der Waals surface area (Å²) in [6, 6.07) is 11.7. The van der Waals surface area contributed by atoms with Gasteiger partial charge in [-0.25, -0.2) is 4.98 Å². The van der Waals surface area contributed by atoms with E-state index in [0.29, 0.717) is 25.1 Å². The van der Waals surface area contributed by atoms with E-state index in [0.717, 1.165) is 0 Å². The van der Waals surface area contributed by atoms with Crippen LogP contribution in [0.1, 0.15) is 23.2 Å². The lowest BCUT2D eigenvalue weighted by atomic mass is 9.96. The van der Waals surface area contributed by atoms with E-state index >= 15 is 0 Å². The monoisotopic (exact) mass is 407 g/mol. The van der Waals surface area contributed by atoms with E-state index in [9.17, 15) is 22.8 Å². The Labute approximate surface area is 165 Å². The number of pyridine rings is 1. The molecule has 1 atom stereocenters. The SMILES string of the molecule is O=C(Nc1ccccc1)C1CCCN(C(=O)c2ccc(OCC(F)(F)F)nc2)C1. The number of benzene rings is 1.